The first-order valence-corrected chi connectivity index (χ1v) is 13.8. The molecule has 36 heavy (non-hydrogen) atoms. The Kier molecular flexibility index (Phi) is 7.85. The van der Waals surface area contributed by atoms with E-state index in [4.69, 9.17) is 15.5 Å². The molecule has 186 valence electrons. The number of rotatable bonds is 8. The second kappa shape index (κ2) is 11.0. The van der Waals surface area contributed by atoms with E-state index in [1.54, 1.807) is 16.2 Å². The van der Waals surface area contributed by atoms with Crippen LogP contribution in [0.25, 0.3) is 10.2 Å². The van der Waals surface area contributed by atoms with Crippen LogP contribution in [0.2, 0.25) is 0 Å². The van der Waals surface area contributed by atoms with Gasteiger partial charge in [-0.3, -0.25) is 4.79 Å². The first-order valence-electron chi connectivity index (χ1n) is 11.6. The molecule has 11 heteroatoms. The van der Waals surface area contributed by atoms with E-state index in [0.29, 0.717) is 31.7 Å². The Balaban J connectivity index is 1.40. The third-order valence-electron chi connectivity index (χ3n) is 6.06. The van der Waals surface area contributed by atoms with Crippen molar-refractivity contribution >= 4 is 42.6 Å². The molecule has 0 saturated carbocycles. The molecule has 0 N–H and O–H groups in total. The zero-order valence-electron chi connectivity index (χ0n) is 19.9. The summed E-state index contributed by atoms with van der Waals surface area (Å²) in [5.74, 6) is -0.149. The highest BCUT2D eigenvalue weighted by Crippen LogP contribution is 2.30. The van der Waals surface area contributed by atoms with Crippen LogP contribution in [0.5, 0.6) is 0 Å². The van der Waals surface area contributed by atoms with Gasteiger partial charge in [0.1, 0.15) is 0 Å². The van der Waals surface area contributed by atoms with Gasteiger partial charge in [-0.1, -0.05) is 17.4 Å². The van der Waals surface area contributed by atoms with Crippen molar-refractivity contribution in [1.29, 1.82) is 10.5 Å². The smallest absolute Gasteiger partial charge is 0.253 e. The molecule has 4 rings (SSSR count). The molecule has 0 unspecified atom stereocenters. The molecule has 2 heterocycles. The number of hydrogen-bond donors (Lipinski definition) is 0. The summed E-state index contributed by atoms with van der Waals surface area (Å²) in [4.78, 5) is 21.8. The van der Waals surface area contributed by atoms with E-state index >= 15 is 0 Å². The van der Waals surface area contributed by atoms with E-state index in [-0.39, 0.29) is 36.7 Å². The zero-order chi connectivity index (χ0) is 25.7. The van der Waals surface area contributed by atoms with Crippen LogP contribution < -0.4 is 4.90 Å². The Morgan fingerprint density at radius 2 is 1.67 bits per heavy atom. The van der Waals surface area contributed by atoms with Crippen molar-refractivity contribution in [2.24, 2.45) is 0 Å². The number of fused-ring (bicyclic) bond motifs is 1. The van der Waals surface area contributed by atoms with E-state index in [1.807, 2.05) is 18.2 Å². The molecule has 1 aliphatic heterocycles. The molecule has 1 amide bonds. The largest absolute Gasteiger partial charge is 0.345 e. The van der Waals surface area contributed by atoms with Crippen molar-refractivity contribution in [3.63, 3.8) is 0 Å². The molecule has 1 fully saturated rings. The van der Waals surface area contributed by atoms with Gasteiger partial charge in [-0.05, 0) is 48.9 Å². The van der Waals surface area contributed by atoms with Gasteiger partial charge in [0.15, 0.2) is 5.13 Å². The highest BCUT2D eigenvalue weighted by molar-refractivity contribution is 7.89. The highest BCUT2D eigenvalue weighted by atomic mass is 32.2. The maximum Gasteiger partial charge on any atom is 0.253 e. The molecule has 0 radical (unpaired) electrons. The SMILES string of the molecule is Cc1ccc2nc(N3CCN(C(=O)c4ccc(S(=O)(=O)N(CCC#N)CCC#N)cc4)CC3)sc2c1. The van der Waals surface area contributed by atoms with E-state index < -0.39 is 10.0 Å². The number of aromatic nitrogens is 1. The lowest BCUT2D eigenvalue weighted by Crippen LogP contribution is -2.48. The summed E-state index contributed by atoms with van der Waals surface area (Å²) >= 11 is 1.65. The number of carbonyl (C=O) groups excluding carboxylic acids is 1. The normalized spacial score (nSPS) is 14.1. The number of anilines is 1. The molecule has 1 saturated heterocycles. The number of nitrogens with zero attached hydrogens (tertiary/aromatic N) is 6. The number of benzene rings is 2. The van der Waals surface area contributed by atoms with Gasteiger partial charge in [-0.25, -0.2) is 13.4 Å². The van der Waals surface area contributed by atoms with Gasteiger partial charge < -0.3 is 9.80 Å². The van der Waals surface area contributed by atoms with Crippen LogP contribution in [0, 0.1) is 29.6 Å². The van der Waals surface area contributed by atoms with Gasteiger partial charge in [0.2, 0.25) is 10.0 Å². The van der Waals surface area contributed by atoms with Gasteiger partial charge in [0.25, 0.3) is 5.91 Å². The highest BCUT2D eigenvalue weighted by Gasteiger charge is 2.26. The van der Waals surface area contributed by atoms with Gasteiger partial charge in [-0.2, -0.15) is 14.8 Å². The predicted octanol–water partition coefficient (Wildman–Crippen LogP) is 3.39. The molecular formula is C25H26N6O3S2. The molecule has 9 nitrogen and oxygen atoms in total. The lowest BCUT2D eigenvalue weighted by Gasteiger charge is -2.34. The van der Waals surface area contributed by atoms with Crippen LogP contribution in [-0.2, 0) is 10.0 Å². The monoisotopic (exact) mass is 522 g/mol. The Hall–Kier alpha value is -3.51. The van der Waals surface area contributed by atoms with Crippen molar-refractivity contribution in [2.75, 3.05) is 44.2 Å². The van der Waals surface area contributed by atoms with Crippen molar-refractivity contribution in [2.45, 2.75) is 24.7 Å². The predicted molar refractivity (Wildman–Crippen MR) is 138 cm³/mol. The summed E-state index contributed by atoms with van der Waals surface area (Å²) in [7, 11) is -3.87. The summed E-state index contributed by atoms with van der Waals surface area (Å²) < 4.78 is 28.3. The van der Waals surface area contributed by atoms with Crippen LogP contribution >= 0.6 is 11.3 Å². The van der Waals surface area contributed by atoms with Gasteiger partial charge in [0.05, 0.1) is 27.3 Å². The molecule has 2 aromatic carbocycles. The van der Waals surface area contributed by atoms with E-state index in [9.17, 15) is 13.2 Å². The molecule has 0 bridgehead atoms. The fourth-order valence-corrected chi connectivity index (χ4v) is 6.62. The summed E-state index contributed by atoms with van der Waals surface area (Å²) in [6, 6.07) is 15.9. The number of thiazole rings is 1. The Bertz CT molecular complexity index is 1410. The molecule has 0 atom stereocenters. The van der Waals surface area contributed by atoms with Crippen LogP contribution in [0.15, 0.2) is 47.4 Å². The number of nitriles is 2. The zero-order valence-corrected chi connectivity index (χ0v) is 21.6. The van der Waals surface area contributed by atoms with Gasteiger partial charge in [-0.15, -0.1) is 0 Å². The molecule has 3 aromatic rings. The van der Waals surface area contributed by atoms with Crippen LogP contribution in [0.1, 0.15) is 28.8 Å². The first-order chi connectivity index (χ1) is 17.3. The molecule has 1 aromatic heterocycles. The van der Waals surface area contributed by atoms with E-state index in [0.717, 1.165) is 19.7 Å². The van der Waals surface area contributed by atoms with Crippen LogP contribution in [-0.4, -0.2) is 67.8 Å². The maximum atomic E-state index is 13.1. The number of hydrogen-bond acceptors (Lipinski definition) is 8. The number of carbonyl (C=O) groups is 1. The Labute approximate surface area is 214 Å². The Morgan fingerprint density at radius 3 is 2.28 bits per heavy atom. The topological polar surface area (TPSA) is 121 Å². The van der Waals surface area contributed by atoms with Crippen molar-refractivity contribution < 1.29 is 13.2 Å². The summed E-state index contributed by atoms with van der Waals surface area (Å²) in [5.41, 5.74) is 2.59. The van der Waals surface area contributed by atoms with Crippen molar-refractivity contribution in [1.82, 2.24) is 14.2 Å². The van der Waals surface area contributed by atoms with Crippen molar-refractivity contribution in [3.05, 3.63) is 53.6 Å². The second-order valence-electron chi connectivity index (χ2n) is 8.49. The quantitative estimate of drug-likeness (QED) is 0.444. The number of aryl methyl sites for hydroxylation is 1. The second-order valence-corrected chi connectivity index (χ2v) is 11.4. The van der Waals surface area contributed by atoms with Crippen molar-refractivity contribution in [3.8, 4) is 12.1 Å². The minimum absolute atomic E-state index is 0.0136. The number of amides is 1. The first kappa shape index (κ1) is 25.6. The molecular weight excluding hydrogens is 496 g/mol. The Morgan fingerprint density at radius 1 is 1.03 bits per heavy atom. The van der Waals surface area contributed by atoms with Gasteiger partial charge in [0, 0.05) is 57.7 Å². The fourth-order valence-electron chi connectivity index (χ4n) is 4.06. The number of piperazine rings is 1. The standard InChI is InChI=1S/C25H26N6O3S2/c1-19-4-9-22-23(18-19)35-25(28-22)30-16-14-29(15-17-30)24(32)20-5-7-21(8-6-20)36(33,34)31(12-2-10-26)13-3-11-27/h4-9,18H,2-3,12-17H2,1H3. The van der Waals surface area contributed by atoms with Crippen LogP contribution in [0.4, 0.5) is 5.13 Å². The van der Waals surface area contributed by atoms with Crippen LogP contribution in [0.3, 0.4) is 0 Å². The summed E-state index contributed by atoms with van der Waals surface area (Å²) in [6.07, 6.45) is 0.0632. The van der Waals surface area contributed by atoms with Gasteiger partial charge >= 0.3 is 0 Å². The third kappa shape index (κ3) is 5.49. The summed E-state index contributed by atoms with van der Waals surface area (Å²) in [6.45, 7) is 4.52. The lowest BCUT2D eigenvalue weighted by atomic mass is 10.2. The molecule has 0 spiro atoms. The minimum atomic E-state index is -3.87. The lowest BCUT2D eigenvalue weighted by molar-refractivity contribution is 0.0746. The summed E-state index contributed by atoms with van der Waals surface area (Å²) in [5, 5.41) is 18.6. The van der Waals surface area contributed by atoms with E-state index in [1.165, 1.54) is 29.8 Å². The average molecular weight is 523 g/mol. The fraction of sp³-hybridized carbons (Fsp3) is 0.360. The molecule has 1 aliphatic rings. The van der Waals surface area contributed by atoms with E-state index in [2.05, 4.69) is 24.0 Å². The molecule has 0 aliphatic carbocycles. The minimum Gasteiger partial charge on any atom is -0.345 e. The average Bonchev–Trinajstić information content (AvgIpc) is 3.31. The number of sulfonamides is 1. The third-order valence-corrected chi connectivity index (χ3v) is 9.05. The maximum absolute atomic E-state index is 13.1.